The highest BCUT2D eigenvalue weighted by Crippen LogP contribution is 2.28. The predicted octanol–water partition coefficient (Wildman–Crippen LogP) is 4.23. The number of hydrogen-bond donors (Lipinski definition) is 1. The van der Waals surface area contributed by atoms with Crippen LogP contribution in [0.1, 0.15) is 36.7 Å². The van der Waals surface area contributed by atoms with Gasteiger partial charge in [0, 0.05) is 23.8 Å². The van der Waals surface area contributed by atoms with Crippen LogP contribution in [0.25, 0.3) is 16.6 Å². The molecule has 0 fully saturated rings. The number of Topliss-reactive ketones (excluding diaryl/α,β-unsaturated/α-hetero) is 1. The van der Waals surface area contributed by atoms with Gasteiger partial charge in [-0.1, -0.05) is 38.0 Å². The van der Waals surface area contributed by atoms with Gasteiger partial charge >= 0.3 is 0 Å². The number of carbonyl (C=O) groups is 2. The zero-order chi connectivity index (χ0) is 18.5. The molecule has 4 nitrogen and oxygen atoms in total. The average molecular weight is 352 g/mol. The van der Waals surface area contributed by atoms with Gasteiger partial charge < -0.3 is 9.72 Å². The summed E-state index contributed by atoms with van der Waals surface area (Å²) >= 11 is 0. The summed E-state index contributed by atoms with van der Waals surface area (Å²) < 4.78 is 15.0. The van der Waals surface area contributed by atoms with E-state index in [2.05, 4.69) is 12.2 Å². The van der Waals surface area contributed by atoms with Gasteiger partial charge in [-0.3, -0.25) is 9.59 Å². The number of amides is 1. The molecule has 0 saturated carbocycles. The van der Waals surface area contributed by atoms with Crippen LogP contribution in [0.3, 0.4) is 0 Å². The number of nitrogens with zero attached hydrogens (tertiary/aromatic N) is 1. The van der Waals surface area contributed by atoms with Crippen molar-refractivity contribution in [3.63, 3.8) is 0 Å². The predicted molar refractivity (Wildman–Crippen MR) is 99.7 cm³/mol. The van der Waals surface area contributed by atoms with Gasteiger partial charge in [-0.15, -0.1) is 0 Å². The Labute approximate surface area is 151 Å². The first-order valence-electron chi connectivity index (χ1n) is 8.80. The van der Waals surface area contributed by atoms with Crippen molar-refractivity contribution in [1.29, 1.82) is 0 Å². The highest BCUT2D eigenvalue weighted by molar-refractivity contribution is 6.43. The maximum atomic E-state index is 13.3. The fourth-order valence-corrected chi connectivity index (χ4v) is 2.97. The van der Waals surface area contributed by atoms with E-state index in [1.807, 2.05) is 18.2 Å². The number of aromatic nitrogens is 1. The molecule has 0 atom stereocenters. The van der Waals surface area contributed by atoms with Crippen molar-refractivity contribution in [2.24, 2.45) is 0 Å². The minimum atomic E-state index is -0.617. The van der Waals surface area contributed by atoms with E-state index in [9.17, 15) is 14.0 Å². The second-order valence-corrected chi connectivity index (χ2v) is 6.20. The number of pyridine rings is 1. The van der Waals surface area contributed by atoms with Gasteiger partial charge in [-0.05, 0) is 42.3 Å². The molecule has 2 aromatic heterocycles. The van der Waals surface area contributed by atoms with Crippen LogP contribution in [0.2, 0.25) is 0 Å². The number of carbonyl (C=O) groups excluding carboxylic acids is 2. The lowest BCUT2D eigenvalue weighted by molar-refractivity contribution is -0.117. The second-order valence-electron chi connectivity index (χ2n) is 6.20. The Bertz CT molecular complexity index is 929. The zero-order valence-corrected chi connectivity index (χ0v) is 14.7. The van der Waals surface area contributed by atoms with Gasteiger partial charge in [0.05, 0.1) is 0 Å². The highest BCUT2D eigenvalue weighted by Gasteiger charge is 2.24. The molecule has 0 unspecified atom stereocenters. The first-order chi connectivity index (χ1) is 12.6. The van der Waals surface area contributed by atoms with E-state index in [0.717, 1.165) is 24.8 Å². The first-order valence-corrected chi connectivity index (χ1v) is 8.80. The fourth-order valence-electron chi connectivity index (χ4n) is 2.97. The van der Waals surface area contributed by atoms with Crippen molar-refractivity contribution in [3.05, 3.63) is 66.2 Å². The number of halogens is 1. The van der Waals surface area contributed by atoms with Crippen molar-refractivity contribution < 1.29 is 14.0 Å². The van der Waals surface area contributed by atoms with Crippen LogP contribution in [-0.2, 0) is 4.79 Å². The lowest BCUT2D eigenvalue weighted by Crippen LogP contribution is -2.32. The summed E-state index contributed by atoms with van der Waals surface area (Å²) in [7, 11) is 0. The normalized spacial score (nSPS) is 10.8. The Balaban J connectivity index is 1.98. The van der Waals surface area contributed by atoms with Crippen LogP contribution in [0.5, 0.6) is 0 Å². The number of hydrogen-bond acceptors (Lipinski definition) is 2. The maximum absolute atomic E-state index is 13.3. The van der Waals surface area contributed by atoms with Crippen LogP contribution >= 0.6 is 0 Å². The van der Waals surface area contributed by atoms with E-state index in [1.54, 1.807) is 28.8 Å². The molecule has 134 valence electrons. The number of fused-ring (bicyclic) bond motifs is 1. The lowest BCUT2D eigenvalue weighted by Gasteiger charge is -2.07. The van der Waals surface area contributed by atoms with Crippen molar-refractivity contribution in [1.82, 2.24) is 9.72 Å². The summed E-state index contributed by atoms with van der Waals surface area (Å²) in [4.78, 5) is 25.2. The molecule has 2 heterocycles. The molecular weight excluding hydrogens is 331 g/mol. The molecule has 0 aliphatic carbocycles. The molecule has 0 aliphatic rings. The third-order valence-electron chi connectivity index (χ3n) is 4.32. The topological polar surface area (TPSA) is 50.6 Å². The molecular formula is C21H21FN2O2. The standard InChI is InChI=1S/C21H21FN2O2/c1-2-3-5-12-23-21(26)20(25)19-18(15-8-10-16(22)11-9-15)14-17-7-4-6-13-24(17)19/h4,6-11,13-14H,2-3,5,12H2,1H3,(H,23,26). The smallest absolute Gasteiger partial charge is 0.294 e. The monoisotopic (exact) mass is 352 g/mol. The van der Waals surface area contributed by atoms with Gasteiger partial charge in [0.15, 0.2) is 0 Å². The second kappa shape index (κ2) is 7.95. The molecule has 26 heavy (non-hydrogen) atoms. The largest absolute Gasteiger partial charge is 0.349 e. The van der Waals surface area contributed by atoms with Crippen molar-refractivity contribution >= 4 is 17.2 Å². The molecule has 0 aliphatic heterocycles. The minimum Gasteiger partial charge on any atom is -0.349 e. The summed E-state index contributed by atoms with van der Waals surface area (Å²) in [6.45, 7) is 2.56. The molecule has 0 bridgehead atoms. The molecule has 0 radical (unpaired) electrons. The van der Waals surface area contributed by atoms with Crippen LogP contribution in [0, 0.1) is 5.82 Å². The Morgan fingerprint density at radius 2 is 1.85 bits per heavy atom. The fraction of sp³-hybridized carbons (Fsp3) is 0.238. The van der Waals surface area contributed by atoms with Gasteiger partial charge in [0.25, 0.3) is 11.7 Å². The molecule has 0 saturated heterocycles. The first kappa shape index (κ1) is 17.9. The van der Waals surface area contributed by atoms with E-state index in [1.165, 1.54) is 12.1 Å². The van der Waals surface area contributed by atoms with Crippen molar-refractivity contribution in [2.45, 2.75) is 26.2 Å². The van der Waals surface area contributed by atoms with Crippen LogP contribution in [0.15, 0.2) is 54.7 Å². The van der Waals surface area contributed by atoms with Crippen LogP contribution < -0.4 is 5.32 Å². The van der Waals surface area contributed by atoms with Gasteiger partial charge in [-0.25, -0.2) is 4.39 Å². The van der Waals surface area contributed by atoms with Gasteiger partial charge in [-0.2, -0.15) is 0 Å². The summed E-state index contributed by atoms with van der Waals surface area (Å²) in [5.41, 5.74) is 2.40. The van der Waals surface area contributed by atoms with E-state index in [4.69, 9.17) is 0 Å². The Morgan fingerprint density at radius 1 is 1.08 bits per heavy atom. The van der Waals surface area contributed by atoms with Gasteiger partial charge in [0.2, 0.25) is 0 Å². The minimum absolute atomic E-state index is 0.292. The number of rotatable bonds is 7. The molecule has 1 N–H and O–H groups in total. The van der Waals surface area contributed by atoms with E-state index in [0.29, 0.717) is 23.4 Å². The Hall–Kier alpha value is -2.95. The third kappa shape index (κ3) is 3.67. The lowest BCUT2D eigenvalue weighted by atomic mass is 10.0. The number of ketones is 1. The summed E-state index contributed by atoms with van der Waals surface area (Å²) in [5.74, 6) is -1.56. The summed E-state index contributed by atoms with van der Waals surface area (Å²) in [6.07, 6.45) is 4.64. The van der Waals surface area contributed by atoms with Crippen LogP contribution in [-0.4, -0.2) is 22.6 Å². The van der Waals surface area contributed by atoms with Crippen molar-refractivity contribution in [3.8, 4) is 11.1 Å². The van der Waals surface area contributed by atoms with Crippen molar-refractivity contribution in [2.75, 3.05) is 6.54 Å². The Kier molecular flexibility index (Phi) is 5.46. The summed E-state index contributed by atoms with van der Waals surface area (Å²) in [6, 6.07) is 13.3. The number of unbranched alkanes of at least 4 members (excludes halogenated alkanes) is 2. The van der Waals surface area contributed by atoms with E-state index >= 15 is 0 Å². The van der Waals surface area contributed by atoms with Gasteiger partial charge in [0.1, 0.15) is 11.5 Å². The van der Waals surface area contributed by atoms with E-state index in [-0.39, 0.29) is 5.82 Å². The average Bonchev–Trinajstić information content (AvgIpc) is 3.04. The zero-order valence-electron chi connectivity index (χ0n) is 14.7. The SMILES string of the molecule is CCCCCNC(=O)C(=O)c1c(-c2ccc(F)cc2)cc2ccccn12. The number of benzene rings is 1. The highest BCUT2D eigenvalue weighted by atomic mass is 19.1. The molecule has 1 amide bonds. The Morgan fingerprint density at radius 3 is 2.58 bits per heavy atom. The third-order valence-corrected chi connectivity index (χ3v) is 4.32. The number of nitrogens with one attached hydrogen (secondary N) is 1. The molecule has 5 heteroatoms. The summed E-state index contributed by atoms with van der Waals surface area (Å²) in [5, 5.41) is 2.70. The molecule has 3 rings (SSSR count). The van der Waals surface area contributed by atoms with Crippen LogP contribution in [0.4, 0.5) is 4.39 Å². The molecule has 0 spiro atoms. The maximum Gasteiger partial charge on any atom is 0.294 e. The molecule has 1 aromatic carbocycles. The quantitative estimate of drug-likeness (QED) is 0.393. The van der Waals surface area contributed by atoms with E-state index < -0.39 is 11.7 Å². The molecule has 3 aromatic rings.